The Morgan fingerprint density at radius 3 is 2.57 bits per heavy atom. The molecule has 0 radical (unpaired) electrons. The normalized spacial score (nSPS) is 25.6. The maximum atomic E-state index is 4.12. The third-order valence-corrected chi connectivity index (χ3v) is 3.09. The maximum Gasteiger partial charge on any atom is 0.00446 e. The van der Waals surface area contributed by atoms with E-state index in [0.717, 1.165) is 6.42 Å². The van der Waals surface area contributed by atoms with Crippen molar-refractivity contribution in [3.05, 3.63) is 36.0 Å². The van der Waals surface area contributed by atoms with Gasteiger partial charge >= 0.3 is 0 Å². The van der Waals surface area contributed by atoms with Crippen LogP contribution >= 0.6 is 0 Å². The van der Waals surface area contributed by atoms with Gasteiger partial charge in [-0.1, -0.05) is 56.7 Å². The summed E-state index contributed by atoms with van der Waals surface area (Å²) >= 11 is 0. The van der Waals surface area contributed by atoms with Gasteiger partial charge < -0.3 is 0 Å². The SMILES string of the molecule is C=C(CCC1(C)C=CC(C)=C1)C(C)C. The average Bonchev–Trinajstić information content (AvgIpc) is 2.43. The van der Waals surface area contributed by atoms with Gasteiger partial charge in [-0.3, -0.25) is 0 Å². The molecule has 0 aliphatic heterocycles. The van der Waals surface area contributed by atoms with Gasteiger partial charge in [0.25, 0.3) is 0 Å². The van der Waals surface area contributed by atoms with E-state index < -0.39 is 0 Å². The zero-order valence-corrected chi connectivity index (χ0v) is 9.93. The molecular formula is C14H22. The predicted molar refractivity (Wildman–Crippen MR) is 64.2 cm³/mol. The minimum absolute atomic E-state index is 0.280. The van der Waals surface area contributed by atoms with Crippen molar-refractivity contribution < 1.29 is 0 Å². The second kappa shape index (κ2) is 4.16. The molecule has 14 heavy (non-hydrogen) atoms. The van der Waals surface area contributed by atoms with Crippen molar-refractivity contribution in [2.24, 2.45) is 11.3 Å². The summed E-state index contributed by atoms with van der Waals surface area (Å²) in [5.41, 5.74) is 3.04. The standard InChI is InChI=1S/C14H22/c1-11(2)13(4)7-9-14(5)8-6-12(3)10-14/h6,8,10-11H,4,7,9H2,1-3,5H3. The van der Waals surface area contributed by atoms with Crippen molar-refractivity contribution >= 4 is 0 Å². The fraction of sp³-hybridized carbons (Fsp3) is 0.571. The van der Waals surface area contributed by atoms with E-state index in [1.54, 1.807) is 0 Å². The van der Waals surface area contributed by atoms with Crippen LogP contribution in [0, 0.1) is 11.3 Å². The average molecular weight is 190 g/mol. The summed E-state index contributed by atoms with van der Waals surface area (Å²) in [6.45, 7) is 13.0. The molecule has 0 aromatic rings. The quantitative estimate of drug-likeness (QED) is 0.572. The van der Waals surface area contributed by atoms with Crippen LogP contribution in [-0.2, 0) is 0 Å². The van der Waals surface area contributed by atoms with Gasteiger partial charge in [-0.05, 0) is 25.7 Å². The monoisotopic (exact) mass is 190 g/mol. The molecule has 1 aliphatic carbocycles. The van der Waals surface area contributed by atoms with E-state index in [1.165, 1.54) is 17.6 Å². The van der Waals surface area contributed by atoms with Crippen LogP contribution in [0.3, 0.4) is 0 Å². The fourth-order valence-electron chi connectivity index (χ4n) is 1.81. The fourth-order valence-corrected chi connectivity index (χ4v) is 1.81. The lowest BCUT2D eigenvalue weighted by atomic mass is 9.84. The van der Waals surface area contributed by atoms with Crippen molar-refractivity contribution in [2.45, 2.75) is 40.5 Å². The van der Waals surface area contributed by atoms with Gasteiger partial charge in [-0.15, -0.1) is 0 Å². The molecule has 1 aliphatic rings. The zero-order chi connectivity index (χ0) is 10.8. The molecule has 1 atom stereocenters. The minimum Gasteiger partial charge on any atom is -0.0996 e. The largest absolute Gasteiger partial charge is 0.0996 e. The lowest BCUT2D eigenvalue weighted by Crippen LogP contribution is -2.08. The summed E-state index contributed by atoms with van der Waals surface area (Å²) in [7, 11) is 0. The second-order valence-corrected chi connectivity index (χ2v) is 5.04. The topological polar surface area (TPSA) is 0 Å². The molecule has 78 valence electrons. The Morgan fingerprint density at radius 2 is 2.14 bits per heavy atom. The molecule has 0 heteroatoms. The van der Waals surface area contributed by atoms with Gasteiger partial charge in [0.2, 0.25) is 0 Å². The number of rotatable bonds is 4. The van der Waals surface area contributed by atoms with Crippen LogP contribution in [0.15, 0.2) is 36.0 Å². The summed E-state index contributed by atoms with van der Waals surface area (Å²) < 4.78 is 0. The Labute approximate surface area is 88.4 Å². The summed E-state index contributed by atoms with van der Waals surface area (Å²) in [6.07, 6.45) is 9.23. The van der Waals surface area contributed by atoms with Gasteiger partial charge in [0.1, 0.15) is 0 Å². The van der Waals surface area contributed by atoms with Crippen molar-refractivity contribution in [1.29, 1.82) is 0 Å². The van der Waals surface area contributed by atoms with E-state index in [2.05, 4.69) is 52.5 Å². The highest BCUT2D eigenvalue weighted by Crippen LogP contribution is 2.35. The third-order valence-electron chi connectivity index (χ3n) is 3.09. The highest BCUT2D eigenvalue weighted by molar-refractivity contribution is 5.31. The van der Waals surface area contributed by atoms with Crippen LogP contribution < -0.4 is 0 Å². The molecule has 0 bridgehead atoms. The summed E-state index contributed by atoms with van der Waals surface area (Å²) in [6, 6.07) is 0. The van der Waals surface area contributed by atoms with Crippen LogP contribution in [0.5, 0.6) is 0 Å². The lowest BCUT2D eigenvalue weighted by Gasteiger charge is -2.21. The van der Waals surface area contributed by atoms with E-state index in [-0.39, 0.29) is 5.41 Å². The Bertz CT molecular complexity index is 278. The minimum atomic E-state index is 0.280. The molecule has 0 heterocycles. The molecule has 0 N–H and O–H groups in total. The molecule has 1 rings (SSSR count). The predicted octanol–water partition coefficient (Wildman–Crippen LogP) is 4.50. The summed E-state index contributed by atoms with van der Waals surface area (Å²) in [4.78, 5) is 0. The number of allylic oxidation sites excluding steroid dienone is 5. The highest BCUT2D eigenvalue weighted by Gasteiger charge is 2.21. The van der Waals surface area contributed by atoms with Gasteiger partial charge in [0, 0.05) is 5.41 Å². The molecule has 0 aromatic carbocycles. The molecular weight excluding hydrogens is 168 g/mol. The molecule has 0 nitrogen and oxygen atoms in total. The van der Waals surface area contributed by atoms with E-state index in [0.29, 0.717) is 5.92 Å². The summed E-state index contributed by atoms with van der Waals surface area (Å²) in [5, 5.41) is 0. The van der Waals surface area contributed by atoms with E-state index in [9.17, 15) is 0 Å². The van der Waals surface area contributed by atoms with E-state index >= 15 is 0 Å². The first kappa shape index (κ1) is 11.3. The smallest absolute Gasteiger partial charge is 0.00446 e. The second-order valence-electron chi connectivity index (χ2n) is 5.04. The first-order chi connectivity index (χ1) is 6.43. The van der Waals surface area contributed by atoms with Crippen LogP contribution in [-0.4, -0.2) is 0 Å². The van der Waals surface area contributed by atoms with Crippen molar-refractivity contribution in [2.75, 3.05) is 0 Å². The Hall–Kier alpha value is -0.780. The molecule has 0 fully saturated rings. The molecule has 0 amide bonds. The van der Waals surface area contributed by atoms with Gasteiger partial charge in [0.05, 0.1) is 0 Å². The van der Waals surface area contributed by atoms with Crippen LogP contribution in [0.2, 0.25) is 0 Å². The van der Waals surface area contributed by atoms with Crippen LogP contribution in [0.4, 0.5) is 0 Å². The molecule has 0 saturated carbocycles. The Morgan fingerprint density at radius 1 is 1.50 bits per heavy atom. The molecule has 1 unspecified atom stereocenters. The lowest BCUT2D eigenvalue weighted by molar-refractivity contribution is 0.492. The van der Waals surface area contributed by atoms with E-state index in [4.69, 9.17) is 0 Å². The first-order valence-electron chi connectivity index (χ1n) is 5.49. The maximum absolute atomic E-state index is 4.12. The van der Waals surface area contributed by atoms with Gasteiger partial charge in [-0.25, -0.2) is 0 Å². The van der Waals surface area contributed by atoms with E-state index in [1.807, 2.05) is 0 Å². The number of hydrogen-bond acceptors (Lipinski definition) is 0. The molecule has 0 saturated heterocycles. The van der Waals surface area contributed by atoms with Crippen LogP contribution in [0.1, 0.15) is 40.5 Å². The van der Waals surface area contributed by atoms with Gasteiger partial charge in [-0.2, -0.15) is 0 Å². The van der Waals surface area contributed by atoms with Crippen molar-refractivity contribution in [3.8, 4) is 0 Å². The van der Waals surface area contributed by atoms with Crippen molar-refractivity contribution in [1.82, 2.24) is 0 Å². The van der Waals surface area contributed by atoms with Crippen molar-refractivity contribution in [3.63, 3.8) is 0 Å². The third kappa shape index (κ3) is 2.87. The highest BCUT2D eigenvalue weighted by atomic mass is 14.3. The summed E-state index contributed by atoms with van der Waals surface area (Å²) in [5.74, 6) is 0.619. The number of hydrogen-bond donors (Lipinski definition) is 0. The van der Waals surface area contributed by atoms with Crippen LogP contribution in [0.25, 0.3) is 0 Å². The Kier molecular flexibility index (Phi) is 3.36. The zero-order valence-electron chi connectivity index (χ0n) is 9.93. The first-order valence-corrected chi connectivity index (χ1v) is 5.49. The Balaban J connectivity index is 2.47. The van der Waals surface area contributed by atoms with Gasteiger partial charge in [0.15, 0.2) is 0 Å². The molecule has 0 aromatic heterocycles. The molecule has 0 spiro atoms.